The molecule has 2 saturated carbocycles. The molecule has 2 bridgehead atoms. The van der Waals surface area contributed by atoms with Crippen molar-refractivity contribution < 1.29 is 4.39 Å². The molecule has 0 amide bonds. The fraction of sp³-hybridized carbons (Fsp3) is 0.562. The topological polar surface area (TPSA) is 53.1 Å². The Labute approximate surface area is 119 Å². The molecular formula is C16H22FN3. The molecule has 1 aromatic rings. The van der Waals surface area contributed by atoms with Gasteiger partial charge in [-0.05, 0) is 55.2 Å². The van der Waals surface area contributed by atoms with E-state index in [4.69, 9.17) is 11.1 Å². The molecule has 0 aromatic heterocycles. The minimum absolute atomic E-state index is 0.0701. The van der Waals surface area contributed by atoms with E-state index in [1.807, 2.05) is 7.05 Å². The molecular weight excluding hydrogens is 253 g/mol. The van der Waals surface area contributed by atoms with Crippen LogP contribution in [0.2, 0.25) is 0 Å². The number of nitrogens with one attached hydrogen (secondary N) is 1. The fourth-order valence-corrected chi connectivity index (χ4v) is 4.11. The summed E-state index contributed by atoms with van der Waals surface area (Å²) in [6, 6.07) is 4.54. The first kappa shape index (κ1) is 13.4. The predicted octanol–water partition coefficient (Wildman–Crippen LogP) is 2.98. The Kier molecular flexibility index (Phi) is 3.40. The summed E-state index contributed by atoms with van der Waals surface area (Å²) in [6.45, 7) is 0.979. The molecule has 2 aliphatic carbocycles. The van der Waals surface area contributed by atoms with Gasteiger partial charge >= 0.3 is 0 Å². The molecule has 20 heavy (non-hydrogen) atoms. The zero-order chi connectivity index (χ0) is 14.3. The SMILES string of the molecule is CN(CC1CC2CCC1C2)c1ccc(F)cc1C(=N)N. The summed E-state index contributed by atoms with van der Waals surface area (Å²) in [5.41, 5.74) is 6.94. The number of hydrogen-bond donors (Lipinski definition) is 2. The van der Waals surface area contributed by atoms with Crippen molar-refractivity contribution >= 4 is 11.5 Å². The first-order valence-corrected chi connectivity index (χ1v) is 7.39. The van der Waals surface area contributed by atoms with Gasteiger partial charge in [-0.3, -0.25) is 5.41 Å². The van der Waals surface area contributed by atoms with Crippen LogP contribution in [-0.2, 0) is 0 Å². The number of amidine groups is 1. The van der Waals surface area contributed by atoms with Gasteiger partial charge in [0.15, 0.2) is 0 Å². The highest BCUT2D eigenvalue weighted by Crippen LogP contribution is 2.48. The average molecular weight is 275 g/mol. The van der Waals surface area contributed by atoms with Crippen LogP contribution in [0.15, 0.2) is 18.2 Å². The molecule has 3 N–H and O–H groups in total. The van der Waals surface area contributed by atoms with E-state index in [1.165, 1.54) is 37.8 Å². The third kappa shape index (κ3) is 2.39. The Bertz CT molecular complexity index is 528. The minimum Gasteiger partial charge on any atom is -0.384 e. The van der Waals surface area contributed by atoms with Gasteiger partial charge in [-0.2, -0.15) is 0 Å². The first-order valence-electron chi connectivity index (χ1n) is 7.39. The van der Waals surface area contributed by atoms with E-state index in [9.17, 15) is 4.39 Å². The van der Waals surface area contributed by atoms with Gasteiger partial charge < -0.3 is 10.6 Å². The summed E-state index contributed by atoms with van der Waals surface area (Å²) in [5.74, 6) is 2.12. The molecule has 3 nitrogen and oxygen atoms in total. The van der Waals surface area contributed by atoms with E-state index in [2.05, 4.69) is 4.90 Å². The lowest BCUT2D eigenvalue weighted by Crippen LogP contribution is -2.30. The van der Waals surface area contributed by atoms with Crippen LogP contribution < -0.4 is 10.6 Å². The van der Waals surface area contributed by atoms with Crippen LogP contribution in [0.1, 0.15) is 31.2 Å². The lowest BCUT2D eigenvalue weighted by molar-refractivity contribution is 0.337. The lowest BCUT2D eigenvalue weighted by Gasteiger charge is -2.29. The summed E-state index contributed by atoms with van der Waals surface area (Å²) in [7, 11) is 2.02. The van der Waals surface area contributed by atoms with E-state index < -0.39 is 0 Å². The van der Waals surface area contributed by atoms with Crippen LogP contribution in [0, 0.1) is 29.0 Å². The number of nitrogen functional groups attached to an aromatic ring is 1. The van der Waals surface area contributed by atoms with Crippen molar-refractivity contribution in [1.29, 1.82) is 5.41 Å². The van der Waals surface area contributed by atoms with Crippen LogP contribution in [0.5, 0.6) is 0 Å². The van der Waals surface area contributed by atoms with Crippen LogP contribution in [0.4, 0.5) is 10.1 Å². The van der Waals surface area contributed by atoms with Crippen LogP contribution >= 0.6 is 0 Å². The Hall–Kier alpha value is -1.58. The zero-order valence-corrected chi connectivity index (χ0v) is 11.9. The number of nitrogens with two attached hydrogens (primary N) is 1. The summed E-state index contributed by atoms with van der Waals surface area (Å²) >= 11 is 0. The summed E-state index contributed by atoms with van der Waals surface area (Å²) in [6.07, 6.45) is 5.49. The Morgan fingerprint density at radius 3 is 2.80 bits per heavy atom. The van der Waals surface area contributed by atoms with Crippen molar-refractivity contribution in [1.82, 2.24) is 0 Å². The average Bonchev–Trinajstić information content (AvgIpc) is 3.00. The van der Waals surface area contributed by atoms with E-state index in [0.717, 1.165) is 30.0 Å². The number of benzene rings is 1. The molecule has 3 atom stereocenters. The van der Waals surface area contributed by atoms with Crippen molar-refractivity contribution in [2.75, 3.05) is 18.5 Å². The predicted molar refractivity (Wildman–Crippen MR) is 79.6 cm³/mol. The maximum absolute atomic E-state index is 13.3. The number of fused-ring (bicyclic) bond motifs is 2. The Morgan fingerprint density at radius 1 is 1.40 bits per heavy atom. The van der Waals surface area contributed by atoms with Gasteiger partial charge in [-0.25, -0.2) is 4.39 Å². The van der Waals surface area contributed by atoms with Gasteiger partial charge in [0.25, 0.3) is 0 Å². The molecule has 4 heteroatoms. The van der Waals surface area contributed by atoms with E-state index in [0.29, 0.717) is 5.56 Å². The van der Waals surface area contributed by atoms with Gasteiger partial charge in [0.05, 0.1) is 0 Å². The van der Waals surface area contributed by atoms with E-state index in [-0.39, 0.29) is 11.7 Å². The molecule has 3 rings (SSSR count). The molecule has 0 radical (unpaired) electrons. The van der Waals surface area contributed by atoms with Crippen LogP contribution in [0.3, 0.4) is 0 Å². The van der Waals surface area contributed by atoms with E-state index in [1.54, 1.807) is 6.07 Å². The standard InChI is InChI=1S/C16H22FN3/c1-20(9-12-7-10-2-3-11(12)6-10)15-5-4-13(17)8-14(15)16(18)19/h4-5,8,10-12H,2-3,6-7,9H2,1H3,(H3,18,19). The maximum Gasteiger partial charge on any atom is 0.125 e. The van der Waals surface area contributed by atoms with Gasteiger partial charge in [0.2, 0.25) is 0 Å². The normalized spacial score (nSPS) is 27.8. The lowest BCUT2D eigenvalue weighted by atomic mass is 9.88. The van der Waals surface area contributed by atoms with Crippen molar-refractivity contribution in [3.8, 4) is 0 Å². The molecule has 2 aliphatic rings. The molecule has 0 saturated heterocycles. The number of nitrogens with zero attached hydrogens (tertiary/aromatic N) is 1. The van der Waals surface area contributed by atoms with Crippen molar-refractivity contribution in [3.05, 3.63) is 29.6 Å². The smallest absolute Gasteiger partial charge is 0.125 e. The second-order valence-corrected chi connectivity index (χ2v) is 6.39. The monoisotopic (exact) mass is 275 g/mol. The number of halogens is 1. The van der Waals surface area contributed by atoms with Gasteiger partial charge in [-0.15, -0.1) is 0 Å². The van der Waals surface area contributed by atoms with Crippen molar-refractivity contribution in [2.45, 2.75) is 25.7 Å². The Balaban J connectivity index is 1.77. The fourth-order valence-electron chi connectivity index (χ4n) is 4.11. The summed E-state index contributed by atoms with van der Waals surface area (Å²) in [5, 5.41) is 7.62. The summed E-state index contributed by atoms with van der Waals surface area (Å²) < 4.78 is 13.3. The molecule has 0 aliphatic heterocycles. The summed E-state index contributed by atoms with van der Waals surface area (Å²) in [4.78, 5) is 2.14. The molecule has 0 spiro atoms. The van der Waals surface area contributed by atoms with Gasteiger partial charge in [0.1, 0.15) is 11.7 Å². The van der Waals surface area contributed by atoms with Crippen LogP contribution in [0.25, 0.3) is 0 Å². The molecule has 0 heterocycles. The highest BCUT2D eigenvalue weighted by molar-refractivity contribution is 6.00. The number of anilines is 1. The van der Waals surface area contributed by atoms with Crippen molar-refractivity contribution in [2.24, 2.45) is 23.5 Å². The first-order chi connectivity index (χ1) is 9.54. The molecule has 108 valence electrons. The quantitative estimate of drug-likeness (QED) is 0.655. The number of hydrogen-bond acceptors (Lipinski definition) is 2. The maximum atomic E-state index is 13.3. The van der Waals surface area contributed by atoms with E-state index >= 15 is 0 Å². The zero-order valence-electron chi connectivity index (χ0n) is 11.9. The minimum atomic E-state index is -0.340. The number of rotatable bonds is 4. The van der Waals surface area contributed by atoms with Crippen LogP contribution in [-0.4, -0.2) is 19.4 Å². The Morgan fingerprint density at radius 2 is 2.20 bits per heavy atom. The van der Waals surface area contributed by atoms with Crippen molar-refractivity contribution in [3.63, 3.8) is 0 Å². The van der Waals surface area contributed by atoms with Gasteiger partial charge in [-0.1, -0.05) is 6.42 Å². The van der Waals surface area contributed by atoms with Gasteiger partial charge in [0, 0.05) is 24.8 Å². The third-order valence-electron chi connectivity index (χ3n) is 5.05. The molecule has 2 fully saturated rings. The third-order valence-corrected chi connectivity index (χ3v) is 5.05. The highest BCUT2D eigenvalue weighted by Gasteiger charge is 2.39. The molecule has 3 unspecified atom stereocenters. The second-order valence-electron chi connectivity index (χ2n) is 6.39. The largest absolute Gasteiger partial charge is 0.384 e. The second kappa shape index (κ2) is 5.08. The highest BCUT2D eigenvalue weighted by atomic mass is 19.1. The molecule has 1 aromatic carbocycles.